The van der Waals surface area contributed by atoms with Crippen LogP contribution in [0.25, 0.3) is 0 Å². The molecule has 136 valence electrons. The van der Waals surface area contributed by atoms with Crippen molar-refractivity contribution in [1.29, 1.82) is 0 Å². The Morgan fingerprint density at radius 3 is 2.92 bits per heavy atom. The number of rotatable bonds is 5. The summed E-state index contributed by atoms with van der Waals surface area (Å²) < 4.78 is 1.81. The lowest BCUT2D eigenvalue weighted by Gasteiger charge is -2.33. The number of thiophene rings is 1. The number of carbonyl (C=O) groups is 1. The minimum Gasteiger partial charge on any atom is -0.351 e. The van der Waals surface area contributed by atoms with Crippen LogP contribution in [0.1, 0.15) is 59.3 Å². The molecule has 1 aliphatic carbocycles. The molecule has 1 amide bonds. The maximum absolute atomic E-state index is 12.4. The van der Waals surface area contributed by atoms with Gasteiger partial charge in [-0.05, 0) is 60.6 Å². The molecule has 0 saturated heterocycles. The van der Waals surface area contributed by atoms with Crippen LogP contribution in [0.4, 0.5) is 0 Å². The van der Waals surface area contributed by atoms with Gasteiger partial charge in [-0.25, -0.2) is 0 Å². The molecule has 1 aliphatic rings. The van der Waals surface area contributed by atoms with E-state index >= 15 is 0 Å². The second-order valence-electron chi connectivity index (χ2n) is 8.25. The number of hydrogen-bond donors (Lipinski definition) is 1. The molecule has 0 bridgehead atoms. The van der Waals surface area contributed by atoms with E-state index in [1.807, 2.05) is 24.1 Å². The zero-order chi connectivity index (χ0) is 18.0. The number of carbonyl (C=O) groups excluding carboxylic acids is 1. The van der Waals surface area contributed by atoms with Gasteiger partial charge in [0.25, 0.3) is 5.91 Å². The molecule has 0 spiro atoms. The molecule has 0 radical (unpaired) electrons. The Hall–Kier alpha value is -1.62. The van der Waals surface area contributed by atoms with Crippen molar-refractivity contribution in [3.63, 3.8) is 0 Å². The number of fused-ring (bicyclic) bond motifs is 1. The highest BCUT2D eigenvalue weighted by Gasteiger charge is 2.30. The quantitative estimate of drug-likeness (QED) is 0.821. The highest BCUT2D eigenvalue weighted by Crippen LogP contribution is 2.40. The summed E-state index contributed by atoms with van der Waals surface area (Å²) in [5, 5.41) is 7.24. The minimum absolute atomic E-state index is 0.0814. The van der Waals surface area contributed by atoms with Crippen molar-refractivity contribution in [3.8, 4) is 0 Å². The zero-order valence-electron chi connectivity index (χ0n) is 15.8. The van der Waals surface area contributed by atoms with Gasteiger partial charge in [-0.3, -0.25) is 9.48 Å². The number of nitrogens with zero attached hydrogens (tertiary/aromatic N) is 2. The molecule has 25 heavy (non-hydrogen) atoms. The van der Waals surface area contributed by atoms with Crippen LogP contribution in [0.15, 0.2) is 18.5 Å². The first-order valence-corrected chi connectivity index (χ1v) is 10.0. The van der Waals surface area contributed by atoms with Crippen LogP contribution in [-0.4, -0.2) is 22.2 Å². The third-order valence-electron chi connectivity index (χ3n) is 5.22. The van der Waals surface area contributed by atoms with Gasteiger partial charge in [-0.15, -0.1) is 11.3 Å². The van der Waals surface area contributed by atoms with E-state index in [0.717, 1.165) is 30.6 Å². The molecule has 0 aromatic carbocycles. The molecular formula is C20H29N3OS. The number of amides is 1. The van der Waals surface area contributed by atoms with Crippen molar-refractivity contribution in [2.45, 2.75) is 52.9 Å². The number of hydrogen-bond acceptors (Lipinski definition) is 3. The van der Waals surface area contributed by atoms with E-state index in [1.54, 1.807) is 11.3 Å². The Morgan fingerprint density at radius 2 is 2.24 bits per heavy atom. The SMILES string of the molecule is Cn1cc(CCCNC(=O)c2cc3c(s2)CCC(C(C)(C)C)C3)cn1. The molecule has 1 N–H and O–H groups in total. The average Bonchev–Trinajstić information content (AvgIpc) is 3.15. The first-order chi connectivity index (χ1) is 11.8. The molecule has 1 atom stereocenters. The fourth-order valence-corrected chi connectivity index (χ4v) is 4.68. The van der Waals surface area contributed by atoms with Crippen molar-refractivity contribution in [3.05, 3.63) is 39.3 Å². The third kappa shape index (κ3) is 4.51. The van der Waals surface area contributed by atoms with E-state index in [9.17, 15) is 4.79 Å². The van der Waals surface area contributed by atoms with Crippen LogP contribution < -0.4 is 5.32 Å². The summed E-state index contributed by atoms with van der Waals surface area (Å²) >= 11 is 1.69. The number of nitrogens with one attached hydrogen (secondary N) is 1. The lowest BCUT2D eigenvalue weighted by molar-refractivity contribution is 0.0957. The Bertz CT molecular complexity index is 738. The van der Waals surface area contributed by atoms with Gasteiger partial charge in [0, 0.05) is 24.7 Å². The van der Waals surface area contributed by atoms with E-state index in [1.165, 1.54) is 22.4 Å². The average molecular weight is 360 g/mol. The topological polar surface area (TPSA) is 46.9 Å². The van der Waals surface area contributed by atoms with Crippen LogP contribution in [0.5, 0.6) is 0 Å². The van der Waals surface area contributed by atoms with Gasteiger partial charge in [-0.1, -0.05) is 20.8 Å². The molecule has 0 saturated carbocycles. The fourth-order valence-electron chi connectivity index (χ4n) is 3.56. The van der Waals surface area contributed by atoms with E-state index in [0.29, 0.717) is 17.9 Å². The Kier molecular flexibility index (Phi) is 5.32. The second kappa shape index (κ2) is 7.32. The van der Waals surface area contributed by atoms with Gasteiger partial charge < -0.3 is 5.32 Å². The van der Waals surface area contributed by atoms with E-state index in [2.05, 4.69) is 37.3 Å². The lowest BCUT2D eigenvalue weighted by Crippen LogP contribution is -2.26. The van der Waals surface area contributed by atoms with Gasteiger partial charge >= 0.3 is 0 Å². The molecule has 2 aromatic rings. The van der Waals surface area contributed by atoms with Crippen LogP contribution in [0.3, 0.4) is 0 Å². The van der Waals surface area contributed by atoms with Crippen LogP contribution in [0, 0.1) is 11.3 Å². The fraction of sp³-hybridized carbons (Fsp3) is 0.600. The van der Waals surface area contributed by atoms with Crippen molar-refractivity contribution >= 4 is 17.2 Å². The number of aryl methyl sites for hydroxylation is 3. The molecule has 5 heteroatoms. The zero-order valence-corrected chi connectivity index (χ0v) is 16.6. The summed E-state index contributed by atoms with van der Waals surface area (Å²) in [4.78, 5) is 14.7. The largest absolute Gasteiger partial charge is 0.351 e. The maximum atomic E-state index is 12.4. The van der Waals surface area contributed by atoms with Crippen molar-refractivity contribution in [1.82, 2.24) is 15.1 Å². The maximum Gasteiger partial charge on any atom is 0.261 e. The summed E-state index contributed by atoms with van der Waals surface area (Å²) in [5.41, 5.74) is 2.96. The molecule has 2 heterocycles. The van der Waals surface area contributed by atoms with E-state index in [4.69, 9.17) is 0 Å². The lowest BCUT2D eigenvalue weighted by atomic mass is 9.72. The highest BCUT2D eigenvalue weighted by atomic mass is 32.1. The monoisotopic (exact) mass is 359 g/mol. The van der Waals surface area contributed by atoms with Gasteiger partial charge in [0.1, 0.15) is 0 Å². The molecule has 0 aliphatic heterocycles. The predicted octanol–water partition coefficient (Wildman–Crippen LogP) is 4.00. The second-order valence-corrected chi connectivity index (χ2v) is 9.38. The Labute approximate surface area is 154 Å². The Morgan fingerprint density at radius 1 is 1.44 bits per heavy atom. The molecule has 2 aromatic heterocycles. The molecular weight excluding hydrogens is 330 g/mol. The summed E-state index contributed by atoms with van der Waals surface area (Å²) in [5.74, 6) is 0.794. The van der Waals surface area contributed by atoms with Crippen LogP contribution in [0.2, 0.25) is 0 Å². The van der Waals surface area contributed by atoms with Crippen molar-refractivity contribution < 1.29 is 4.79 Å². The van der Waals surface area contributed by atoms with Crippen LogP contribution in [-0.2, 0) is 26.3 Å². The summed E-state index contributed by atoms with van der Waals surface area (Å²) in [7, 11) is 1.92. The molecule has 4 nitrogen and oxygen atoms in total. The first kappa shape index (κ1) is 18.2. The van der Waals surface area contributed by atoms with Gasteiger partial charge in [0.2, 0.25) is 0 Å². The van der Waals surface area contributed by atoms with Gasteiger partial charge in [0.05, 0.1) is 11.1 Å². The van der Waals surface area contributed by atoms with Crippen LogP contribution >= 0.6 is 11.3 Å². The van der Waals surface area contributed by atoms with Crippen molar-refractivity contribution in [2.24, 2.45) is 18.4 Å². The number of aromatic nitrogens is 2. The third-order valence-corrected chi connectivity index (χ3v) is 6.45. The minimum atomic E-state index is 0.0814. The summed E-state index contributed by atoms with van der Waals surface area (Å²) in [6.07, 6.45) is 9.28. The smallest absolute Gasteiger partial charge is 0.261 e. The van der Waals surface area contributed by atoms with E-state index in [-0.39, 0.29) is 5.91 Å². The normalized spacial score (nSPS) is 17.4. The Balaban J connectivity index is 1.51. The standard InChI is InChI=1S/C20H29N3OS/c1-20(2,3)16-7-8-17-15(10-16)11-18(25-17)19(24)21-9-5-6-14-12-22-23(4)13-14/h11-13,16H,5-10H2,1-4H3,(H,21,24). The molecule has 0 fully saturated rings. The summed E-state index contributed by atoms with van der Waals surface area (Å²) in [6, 6.07) is 2.13. The van der Waals surface area contributed by atoms with Gasteiger partial charge in [0.15, 0.2) is 0 Å². The van der Waals surface area contributed by atoms with Gasteiger partial charge in [-0.2, -0.15) is 5.10 Å². The van der Waals surface area contributed by atoms with Crippen molar-refractivity contribution in [2.75, 3.05) is 6.54 Å². The highest BCUT2D eigenvalue weighted by molar-refractivity contribution is 7.14. The first-order valence-electron chi connectivity index (χ1n) is 9.20. The molecule has 1 unspecified atom stereocenters. The molecule has 3 rings (SSSR count). The predicted molar refractivity (Wildman–Crippen MR) is 103 cm³/mol. The van der Waals surface area contributed by atoms with E-state index < -0.39 is 0 Å². The summed E-state index contributed by atoms with van der Waals surface area (Å²) in [6.45, 7) is 7.68.